The van der Waals surface area contributed by atoms with E-state index in [1.54, 1.807) is 11.0 Å². The predicted molar refractivity (Wildman–Crippen MR) is 134 cm³/mol. The van der Waals surface area contributed by atoms with E-state index in [0.29, 0.717) is 37.4 Å². The van der Waals surface area contributed by atoms with Gasteiger partial charge in [0, 0.05) is 31.7 Å². The third-order valence-corrected chi connectivity index (χ3v) is 8.04. The minimum Gasteiger partial charge on any atom is -0.393 e. The summed E-state index contributed by atoms with van der Waals surface area (Å²) in [4.78, 5) is 34.8. The third-order valence-electron chi connectivity index (χ3n) is 8.04. The Hall–Kier alpha value is -3.26. The Kier molecular flexibility index (Phi) is 5.79. The van der Waals surface area contributed by atoms with Gasteiger partial charge < -0.3 is 19.5 Å². The number of piperazine rings is 1. The van der Waals surface area contributed by atoms with Crippen molar-refractivity contribution in [2.45, 2.75) is 56.6 Å². The van der Waals surface area contributed by atoms with Crippen molar-refractivity contribution in [3.63, 3.8) is 0 Å². The standard InChI is InChI=1S/C28H31FN4O3/c1-31-24-15-19(17-5-6-17)14-23(18-3-2-4-20(29)13-18)26(24)30-27(31)28(36)32-11-12-33(25(35)16-32)21-7-9-22(34)10-8-21/h2-4,13-15,17,21-22,34H,5-12,16H2,1H3. The lowest BCUT2D eigenvalue weighted by Gasteiger charge is -2.41. The molecule has 7 nitrogen and oxygen atoms in total. The number of imidazole rings is 1. The van der Waals surface area contributed by atoms with Crippen molar-refractivity contribution in [3.8, 4) is 11.1 Å². The Morgan fingerprint density at radius 2 is 1.83 bits per heavy atom. The summed E-state index contributed by atoms with van der Waals surface area (Å²) in [5.74, 6) is 0.152. The summed E-state index contributed by atoms with van der Waals surface area (Å²) in [5, 5.41) is 9.79. The van der Waals surface area contributed by atoms with E-state index in [1.807, 2.05) is 22.6 Å². The number of carbonyl (C=O) groups is 2. The zero-order valence-corrected chi connectivity index (χ0v) is 20.5. The maximum absolute atomic E-state index is 14.1. The molecule has 2 saturated carbocycles. The maximum Gasteiger partial charge on any atom is 0.290 e. The number of amides is 2. The van der Waals surface area contributed by atoms with Gasteiger partial charge in [-0.15, -0.1) is 0 Å². The summed E-state index contributed by atoms with van der Waals surface area (Å²) in [6.07, 6.45) is 5.03. The molecule has 2 amide bonds. The molecule has 1 aliphatic heterocycles. The van der Waals surface area contributed by atoms with Crippen molar-refractivity contribution < 1.29 is 19.1 Å². The van der Waals surface area contributed by atoms with Gasteiger partial charge in [0.05, 0.1) is 17.1 Å². The fourth-order valence-electron chi connectivity index (χ4n) is 5.79. The lowest BCUT2D eigenvalue weighted by Crippen LogP contribution is -2.56. The van der Waals surface area contributed by atoms with E-state index >= 15 is 0 Å². The Labute approximate surface area is 209 Å². The Balaban J connectivity index is 1.30. The van der Waals surface area contributed by atoms with Crippen molar-refractivity contribution in [1.82, 2.24) is 19.4 Å². The smallest absolute Gasteiger partial charge is 0.290 e. The molecule has 0 radical (unpaired) electrons. The number of carbonyl (C=O) groups excluding carboxylic acids is 2. The Morgan fingerprint density at radius 1 is 1.06 bits per heavy atom. The van der Waals surface area contributed by atoms with Crippen LogP contribution < -0.4 is 0 Å². The first kappa shape index (κ1) is 23.2. The number of aromatic nitrogens is 2. The number of hydrogen-bond donors (Lipinski definition) is 1. The average molecular weight is 491 g/mol. The van der Waals surface area contributed by atoms with Crippen molar-refractivity contribution in [3.05, 3.63) is 53.6 Å². The number of fused-ring (bicyclic) bond motifs is 1. The maximum atomic E-state index is 14.1. The molecule has 2 aromatic carbocycles. The Morgan fingerprint density at radius 3 is 2.53 bits per heavy atom. The quantitative estimate of drug-likeness (QED) is 0.603. The molecule has 0 unspecified atom stereocenters. The van der Waals surface area contributed by atoms with Crippen LogP contribution in [0.15, 0.2) is 36.4 Å². The lowest BCUT2D eigenvalue weighted by molar-refractivity contribution is -0.138. The highest BCUT2D eigenvalue weighted by molar-refractivity contribution is 6.01. The molecule has 188 valence electrons. The van der Waals surface area contributed by atoms with Gasteiger partial charge in [-0.2, -0.15) is 0 Å². The van der Waals surface area contributed by atoms with Crippen LogP contribution in [-0.4, -0.2) is 68.1 Å². The van der Waals surface area contributed by atoms with E-state index in [1.165, 1.54) is 17.7 Å². The summed E-state index contributed by atoms with van der Waals surface area (Å²) < 4.78 is 15.9. The number of halogens is 1. The summed E-state index contributed by atoms with van der Waals surface area (Å²) in [6.45, 7) is 0.984. The molecule has 0 spiro atoms. The molecule has 0 atom stereocenters. The molecular weight excluding hydrogens is 459 g/mol. The van der Waals surface area contributed by atoms with Crippen LogP contribution in [0.3, 0.4) is 0 Å². The number of benzene rings is 2. The molecule has 3 fully saturated rings. The number of aryl methyl sites for hydroxylation is 1. The summed E-state index contributed by atoms with van der Waals surface area (Å²) >= 11 is 0. The van der Waals surface area contributed by atoms with E-state index in [9.17, 15) is 19.1 Å². The molecule has 1 aromatic heterocycles. The van der Waals surface area contributed by atoms with Crippen molar-refractivity contribution >= 4 is 22.8 Å². The summed E-state index contributed by atoms with van der Waals surface area (Å²) in [7, 11) is 1.83. The molecule has 36 heavy (non-hydrogen) atoms. The van der Waals surface area contributed by atoms with Gasteiger partial charge in [0.2, 0.25) is 5.91 Å². The molecular formula is C28H31FN4O3. The second kappa shape index (κ2) is 9.00. The monoisotopic (exact) mass is 490 g/mol. The van der Waals surface area contributed by atoms with Gasteiger partial charge in [-0.3, -0.25) is 9.59 Å². The first-order chi connectivity index (χ1) is 17.4. The predicted octanol–water partition coefficient (Wildman–Crippen LogP) is 3.84. The molecule has 8 heteroatoms. The van der Waals surface area contributed by atoms with Crippen LogP contribution in [0, 0.1) is 5.82 Å². The van der Waals surface area contributed by atoms with Crippen LogP contribution in [0.5, 0.6) is 0 Å². The van der Waals surface area contributed by atoms with Gasteiger partial charge in [0.15, 0.2) is 5.82 Å². The highest BCUT2D eigenvalue weighted by atomic mass is 19.1. The first-order valence-electron chi connectivity index (χ1n) is 12.9. The summed E-state index contributed by atoms with van der Waals surface area (Å²) in [5.41, 5.74) is 4.25. The molecule has 0 bridgehead atoms. The fraction of sp³-hybridized carbons (Fsp3) is 0.464. The molecule has 1 saturated heterocycles. The second-order valence-electron chi connectivity index (χ2n) is 10.5. The van der Waals surface area contributed by atoms with E-state index in [2.05, 4.69) is 12.1 Å². The molecule has 2 heterocycles. The van der Waals surface area contributed by atoms with Crippen LogP contribution in [0.2, 0.25) is 0 Å². The van der Waals surface area contributed by atoms with E-state index in [4.69, 9.17) is 4.98 Å². The SMILES string of the molecule is Cn1c(C(=O)N2CCN(C3CCC(O)CC3)C(=O)C2)nc2c(-c3cccc(F)c3)cc(C3CC3)cc21. The fourth-order valence-corrected chi connectivity index (χ4v) is 5.79. The average Bonchev–Trinajstić information content (AvgIpc) is 3.67. The van der Waals surface area contributed by atoms with Crippen LogP contribution >= 0.6 is 0 Å². The minimum absolute atomic E-state index is 0.0329. The molecule has 1 N–H and O–H groups in total. The van der Waals surface area contributed by atoms with Crippen LogP contribution in [0.25, 0.3) is 22.2 Å². The van der Waals surface area contributed by atoms with Gasteiger partial charge in [-0.1, -0.05) is 12.1 Å². The number of aliphatic hydroxyl groups excluding tert-OH is 1. The van der Waals surface area contributed by atoms with Gasteiger partial charge in [-0.25, -0.2) is 9.37 Å². The van der Waals surface area contributed by atoms with E-state index in [-0.39, 0.29) is 42.1 Å². The topological polar surface area (TPSA) is 78.7 Å². The van der Waals surface area contributed by atoms with Crippen LogP contribution in [0.4, 0.5) is 4.39 Å². The highest BCUT2D eigenvalue weighted by Gasteiger charge is 2.35. The minimum atomic E-state index is -0.312. The number of nitrogens with zero attached hydrogens (tertiary/aromatic N) is 4. The zero-order valence-electron chi connectivity index (χ0n) is 20.5. The molecule has 3 aromatic rings. The lowest BCUT2D eigenvalue weighted by atomic mass is 9.91. The van der Waals surface area contributed by atoms with Crippen molar-refractivity contribution in [1.29, 1.82) is 0 Å². The molecule has 6 rings (SSSR count). The van der Waals surface area contributed by atoms with Crippen molar-refractivity contribution in [2.75, 3.05) is 19.6 Å². The normalized spacial score (nSPS) is 22.9. The Bertz CT molecular complexity index is 1340. The molecule has 3 aliphatic rings. The van der Waals surface area contributed by atoms with E-state index in [0.717, 1.165) is 42.3 Å². The van der Waals surface area contributed by atoms with Gasteiger partial charge >= 0.3 is 0 Å². The first-order valence-corrected chi connectivity index (χ1v) is 12.9. The van der Waals surface area contributed by atoms with Crippen LogP contribution in [-0.2, 0) is 11.8 Å². The van der Waals surface area contributed by atoms with Gasteiger partial charge in [0.25, 0.3) is 5.91 Å². The number of rotatable bonds is 4. The van der Waals surface area contributed by atoms with Crippen molar-refractivity contribution in [2.24, 2.45) is 7.05 Å². The second-order valence-corrected chi connectivity index (χ2v) is 10.5. The van der Waals surface area contributed by atoms with Gasteiger partial charge in [0.1, 0.15) is 12.4 Å². The number of aliphatic hydroxyl groups is 1. The third kappa shape index (κ3) is 4.17. The van der Waals surface area contributed by atoms with Crippen LogP contribution in [0.1, 0.15) is 60.6 Å². The highest BCUT2D eigenvalue weighted by Crippen LogP contribution is 2.43. The van der Waals surface area contributed by atoms with E-state index < -0.39 is 0 Å². The van der Waals surface area contributed by atoms with Gasteiger partial charge in [-0.05, 0) is 79.8 Å². The zero-order chi connectivity index (χ0) is 25.0. The largest absolute Gasteiger partial charge is 0.393 e. The molecule has 2 aliphatic carbocycles. The summed E-state index contributed by atoms with van der Waals surface area (Å²) in [6, 6.07) is 10.8. The number of hydrogen-bond acceptors (Lipinski definition) is 4.